The summed E-state index contributed by atoms with van der Waals surface area (Å²) in [5.74, 6) is 0. The summed E-state index contributed by atoms with van der Waals surface area (Å²) in [4.78, 5) is 0. The fraction of sp³-hybridized carbons (Fsp3) is 0.647. The van der Waals surface area contributed by atoms with Crippen molar-refractivity contribution >= 4 is 12.6 Å². The molecule has 2 aliphatic rings. The predicted octanol–water partition coefficient (Wildman–Crippen LogP) is 1.82. The van der Waals surface area contributed by atoms with E-state index in [1.54, 1.807) is 0 Å². The summed E-state index contributed by atoms with van der Waals surface area (Å²) in [5, 5.41) is 10.7. The average molecular weight is 304 g/mol. The Morgan fingerprint density at radius 2 is 1.55 bits per heavy atom. The van der Waals surface area contributed by atoms with E-state index >= 15 is 0 Å². The summed E-state index contributed by atoms with van der Waals surface area (Å²) in [5.41, 5.74) is 2.49. The van der Waals surface area contributed by atoms with Crippen LogP contribution in [0.4, 0.5) is 0 Å². The van der Waals surface area contributed by atoms with Crippen molar-refractivity contribution in [2.45, 2.75) is 58.3 Å². The molecule has 3 rings (SSSR count). The summed E-state index contributed by atoms with van der Waals surface area (Å²) in [6.45, 7) is 13.0. The minimum Gasteiger partial charge on any atom is -0.399 e. The molecule has 1 aromatic carbocycles. The molecule has 0 aliphatic carbocycles. The summed E-state index contributed by atoms with van der Waals surface area (Å²) < 4.78 is 17.5. The topological polar surface area (TPSA) is 47.9 Å². The van der Waals surface area contributed by atoms with E-state index in [2.05, 4.69) is 13.0 Å². The predicted molar refractivity (Wildman–Crippen MR) is 86.3 cm³/mol. The first-order chi connectivity index (χ1) is 10.1. The number of ether oxygens (including phenoxy) is 1. The molecule has 0 radical (unpaired) electrons. The van der Waals surface area contributed by atoms with Crippen LogP contribution in [0.3, 0.4) is 0 Å². The molecule has 2 fully saturated rings. The molecular weight excluding hydrogens is 279 g/mol. The number of hydrogen-bond acceptors (Lipinski definition) is 4. The van der Waals surface area contributed by atoms with Crippen molar-refractivity contribution in [1.29, 1.82) is 0 Å². The van der Waals surface area contributed by atoms with Gasteiger partial charge in [0, 0.05) is 0 Å². The van der Waals surface area contributed by atoms with Crippen molar-refractivity contribution in [3.05, 3.63) is 28.8 Å². The molecule has 22 heavy (non-hydrogen) atoms. The third kappa shape index (κ3) is 2.31. The Kier molecular flexibility index (Phi) is 3.50. The Labute approximate surface area is 132 Å². The quantitative estimate of drug-likeness (QED) is 0.847. The summed E-state index contributed by atoms with van der Waals surface area (Å²) in [6, 6.07) is 4.09. The fourth-order valence-electron chi connectivity index (χ4n) is 2.94. The molecule has 0 amide bonds. The first kappa shape index (κ1) is 16.0. The van der Waals surface area contributed by atoms with E-state index in [0.717, 1.165) is 22.2 Å². The summed E-state index contributed by atoms with van der Waals surface area (Å²) in [6.07, 6.45) is 0. The van der Waals surface area contributed by atoms with Gasteiger partial charge in [-0.3, -0.25) is 0 Å². The molecule has 0 aromatic heterocycles. The van der Waals surface area contributed by atoms with Gasteiger partial charge >= 0.3 is 7.12 Å². The maximum absolute atomic E-state index is 10.7. The Bertz CT molecular complexity index is 589. The van der Waals surface area contributed by atoms with E-state index in [1.165, 1.54) is 0 Å². The number of hydrogen-bond donors (Lipinski definition) is 1. The summed E-state index contributed by atoms with van der Waals surface area (Å²) in [7, 11) is -0.410. The molecule has 2 aliphatic heterocycles. The van der Waals surface area contributed by atoms with Gasteiger partial charge in [0.2, 0.25) is 0 Å². The van der Waals surface area contributed by atoms with Gasteiger partial charge in [-0.15, -0.1) is 0 Å². The Hall–Kier alpha value is -0.875. The van der Waals surface area contributed by atoms with Crippen molar-refractivity contribution in [2.75, 3.05) is 13.2 Å². The van der Waals surface area contributed by atoms with Crippen molar-refractivity contribution in [2.24, 2.45) is 0 Å². The van der Waals surface area contributed by atoms with Crippen LogP contribution in [0.15, 0.2) is 12.1 Å². The molecule has 0 spiro atoms. The van der Waals surface area contributed by atoms with Gasteiger partial charge in [0.15, 0.2) is 0 Å². The monoisotopic (exact) mass is 304 g/mol. The Morgan fingerprint density at radius 1 is 1.00 bits per heavy atom. The zero-order valence-corrected chi connectivity index (χ0v) is 14.3. The van der Waals surface area contributed by atoms with Gasteiger partial charge in [0.05, 0.1) is 24.4 Å². The van der Waals surface area contributed by atoms with Crippen LogP contribution in [-0.2, 0) is 19.6 Å². The number of benzene rings is 1. The SMILES string of the molecule is Cc1cc(B2OC(C)(C)C(C)(C)O2)cc(C2(O)COC2)c1C. The van der Waals surface area contributed by atoms with E-state index in [1.807, 2.05) is 40.7 Å². The van der Waals surface area contributed by atoms with Crippen molar-refractivity contribution in [1.82, 2.24) is 0 Å². The van der Waals surface area contributed by atoms with Gasteiger partial charge in [-0.05, 0) is 63.7 Å². The van der Waals surface area contributed by atoms with E-state index in [-0.39, 0.29) is 11.2 Å². The second kappa shape index (κ2) is 4.81. The second-order valence-corrected chi connectivity index (χ2v) is 7.62. The van der Waals surface area contributed by atoms with Crippen LogP contribution in [0.25, 0.3) is 0 Å². The normalized spacial score (nSPS) is 25.1. The van der Waals surface area contributed by atoms with Crippen molar-refractivity contribution in [3.63, 3.8) is 0 Å². The van der Waals surface area contributed by atoms with Gasteiger partial charge in [0.1, 0.15) is 5.60 Å². The standard InChI is InChI=1S/C17H25BO4/c1-11-7-13(18-21-15(3,4)16(5,6)22-18)8-14(12(11)2)17(19)9-20-10-17/h7-8,19H,9-10H2,1-6H3. The highest BCUT2D eigenvalue weighted by molar-refractivity contribution is 6.62. The third-order valence-electron chi connectivity index (χ3n) is 5.40. The van der Waals surface area contributed by atoms with Crippen LogP contribution < -0.4 is 5.46 Å². The zero-order valence-electron chi connectivity index (χ0n) is 14.3. The van der Waals surface area contributed by atoms with Crippen LogP contribution in [0, 0.1) is 13.8 Å². The highest BCUT2D eigenvalue weighted by Crippen LogP contribution is 2.37. The van der Waals surface area contributed by atoms with Gasteiger partial charge in [-0.1, -0.05) is 12.1 Å². The summed E-state index contributed by atoms with van der Waals surface area (Å²) >= 11 is 0. The minimum absolute atomic E-state index is 0.347. The van der Waals surface area contributed by atoms with Crippen molar-refractivity contribution in [3.8, 4) is 0 Å². The number of aryl methyl sites for hydroxylation is 1. The van der Waals surface area contributed by atoms with E-state index in [9.17, 15) is 5.11 Å². The molecule has 0 saturated carbocycles. The molecule has 2 heterocycles. The molecule has 0 unspecified atom stereocenters. The lowest BCUT2D eigenvalue weighted by molar-refractivity contribution is -0.184. The van der Waals surface area contributed by atoms with E-state index in [4.69, 9.17) is 14.0 Å². The fourth-order valence-corrected chi connectivity index (χ4v) is 2.94. The molecular formula is C17H25BO4. The first-order valence-corrected chi connectivity index (χ1v) is 7.83. The molecule has 0 atom stereocenters. The van der Waals surface area contributed by atoms with Crippen LogP contribution in [-0.4, -0.2) is 36.6 Å². The molecule has 1 N–H and O–H groups in total. The number of rotatable bonds is 2. The molecule has 0 bridgehead atoms. The Morgan fingerprint density at radius 3 is 2.00 bits per heavy atom. The molecule has 4 nitrogen and oxygen atoms in total. The Balaban J connectivity index is 1.99. The highest BCUT2D eigenvalue weighted by Gasteiger charge is 2.52. The largest absolute Gasteiger partial charge is 0.494 e. The van der Waals surface area contributed by atoms with Crippen molar-refractivity contribution < 1.29 is 19.2 Å². The second-order valence-electron chi connectivity index (χ2n) is 7.62. The van der Waals surface area contributed by atoms with E-state index < -0.39 is 12.7 Å². The minimum atomic E-state index is -0.880. The van der Waals surface area contributed by atoms with Crippen LogP contribution >= 0.6 is 0 Å². The van der Waals surface area contributed by atoms with Gasteiger partial charge < -0.3 is 19.2 Å². The lowest BCUT2D eigenvalue weighted by atomic mass is 9.74. The van der Waals surface area contributed by atoms with Crippen LogP contribution in [0.2, 0.25) is 0 Å². The zero-order chi connectivity index (χ0) is 16.3. The number of aliphatic hydroxyl groups is 1. The van der Waals surface area contributed by atoms with Gasteiger partial charge in [-0.25, -0.2) is 0 Å². The first-order valence-electron chi connectivity index (χ1n) is 7.83. The van der Waals surface area contributed by atoms with Gasteiger partial charge in [-0.2, -0.15) is 0 Å². The molecule has 120 valence electrons. The average Bonchev–Trinajstić information content (AvgIpc) is 2.59. The highest BCUT2D eigenvalue weighted by atomic mass is 16.7. The maximum atomic E-state index is 10.7. The van der Waals surface area contributed by atoms with Gasteiger partial charge in [0.25, 0.3) is 0 Å². The van der Waals surface area contributed by atoms with Crippen LogP contribution in [0.5, 0.6) is 0 Å². The maximum Gasteiger partial charge on any atom is 0.494 e. The lowest BCUT2D eigenvalue weighted by Crippen LogP contribution is -2.48. The van der Waals surface area contributed by atoms with E-state index in [0.29, 0.717) is 13.2 Å². The van der Waals surface area contributed by atoms with Crippen LogP contribution in [0.1, 0.15) is 44.4 Å². The molecule has 1 aromatic rings. The third-order valence-corrected chi connectivity index (χ3v) is 5.40. The molecule has 5 heteroatoms. The lowest BCUT2D eigenvalue weighted by Gasteiger charge is -2.38. The molecule has 2 saturated heterocycles. The smallest absolute Gasteiger partial charge is 0.399 e.